The molecule has 0 radical (unpaired) electrons. The molecule has 0 unspecified atom stereocenters. The SMILES string of the molecule is CCOc1ccc(N)cc1CN(CCC(C)C)C1CC1. The zero-order chi connectivity index (χ0) is 14.5. The van der Waals surface area contributed by atoms with Crippen molar-refractivity contribution in [3.63, 3.8) is 0 Å². The Morgan fingerprint density at radius 3 is 2.70 bits per heavy atom. The number of hydrogen-bond donors (Lipinski definition) is 1. The van der Waals surface area contributed by atoms with Crippen molar-refractivity contribution in [3.05, 3.63) is 23.8 Å². The summed E-state index contributed by atoms with van der Waals surface area (Å²) in [5.74, 6) is 1.74. The molecule has 3 nitrogen and oxygen atoms in total. The summed E-state index contributed by atoms with van der Waals surface area (Å²) in [6.07, 6.45) is 3.93. The molecule has 20 heavy (non-hydrogen) atoms. The van der Waals surface area contributed by atoms with Crippen LogP contribution in [0.25, 0.3) is 0 Å². The van der Waals surface area contributed by atoms with Crippen LogP contribution in [0, 0.1) is 5.92 Å². The van der Waals surface area contributed by atoms with E-state index < -0.39 is 0 Å². The maximum atomic E-state index is 5.94. The Balaban J connectivity index is 2.06. The van der Waals surface area contributed by atoms with Crippen molar-refractivity contribution in [3.8, 4) is 5.75 Å². The lowest BCUT2D eigenvalue weighted by Crippen LogP contribution is -2.27. The quantitative estimate of drug-likeness (QED) is 0.736. The molecule has 1 fully saturated rings. The highest BCUT2D eigenvalue weighted by molar-refractivity contribution is 5.47. The van der Waals surface area contributed by atoms with Crippen molar-refractivity contribution in [2.24, 2.45) is 5.92 Å². The van der Waals surface area contributed by atoms with E-state index in [2.05, 4.69) is 24.8 Å². The third-order valence-electron chi connectivity index (χ3n) is 3.81. The molecule has 0 spiro atoms. The summed E-state index contributed by atoms with van der Waals surface area (Å²) in [4.78, 5) is 2.59. The minimum absolute atomic E-state index is 0.701. The summed E-state index contributed by atoms with van der Waals surface area (Å²) in [5.41, 5.74) is 7.99. The van der Waals surface area contributed by atoms with E-state index in [9.17, 15) is 0 Å². The Hall–Kier alpha value is -1.22. The number of nitrogens with two attached hydrogens (primary N) is 1. The number of benzene rings is 1. The smallest absolute Gasteiger partial charge is 0.123 e. The first-order valence-corrected chi connectivity index (χ1v) is 7.85. The van der Waals surface area contributed by atoms with Crippen LogP contribution in [0.15, 0.2) is 18.2 Å². The molecule has 0 saturated heterocycles. The number of anilines is 1. The number of nitrogens with zero attached hydrogens (tertiary/aromatic N) is 1. The minimum Gasteiger partial charge on any atom is -0.494 e. The van der Waals surface area contributed by atoms with Gasteiger partial charge in [-0.25, -0.2) is 0 Å². The van der Waals surface area contributed by atoms with Crippen LogP contribution < -0.4 is 10.5 Å². The predicted octanol–water partition coefficient (Wildman–Crippen LogP) is 3.68. The van der Waals surface area contributed by atoms with Crippen LogP contribution in [-0.2, 0) is 6.54 Å². The zero-order valence-electron chi connectivity index (χ0n) is 13.1. The summed E-state index contributed by atoms with van der Waals surface area (Å²) < 4.78 is 5.74. The third-order valence-corrected chi connectivity index (χ3v) is 3.81. The lowest BCUT2D eigenvalue weighted by atomic mass is 10.1. The molecule has 1 aromatic carbocycles. The maximum Gasteiger partial charge on any atom is 0.123 e. The van der Waals surface area contributed by atoms with Gasteiger partial charge in [0.15, 0.2) is 0 Å². The summed E-state index contributed by atoms with van der Waals surface area (Å²) in [5, 5.41) is 0. The highest BCUT2D eigenvalue weighted by atomic mass is 16.5. The van der Waals surface area contributed by atoms with Gasteiger partial charge in [-0.3, -0.25) is 4.90 Å². The molecule has 0 amide bonds. The zero-order valence-corrected chi connectivity index (χ0v) is 13.1. The lowest BCUT2D eigenvalue weighted by molar-refractivity contribution is 0.234. The molecule has 0 aliphatic heterocycles. The Kier molecular flexibility index (Phi) is 5.30. The van der Waals surface area contributed by atoms with E-state index in [-0.39, 0.29) is 0 Å². The minimum atomic E-state index is 0.701. The van der Waals surface area contributed by atoms with Gasteiger partial charge >= 0.3 is 0 Å². The van der Waals surface area contributed by atoms with Gasteiger partial charge in [0.2, 0.25) is 0 Å². The predicted molar refractivity (Wildman–Crippen MR) is 84.9 cm³/mol. The molecule has 3 heteroatoms. The number of nitrogen functional groups attached to an aromatic ring is 1. The highest BCUT2D eigenvalue weighted by Gasteiger charge is 2.29. The standard InChI is InChI=1S/C17H28N2O/c1-4-20-17-8-5-15(18)11-14(17)12-19(16-6-7-16)10-9-13(2)3/h5,8,11,13,16H,4,6-7,9-10,12,18H2,1-3H3. The van der Waals surface area contributed by atoms with Crippen molar-refractivity contribution in [2.75, 3.05) is 18.9 Å². The van der Waals surface area contributed by atoms with Gasteiger partial charge in [0.25, 0.3) is 0 Å². The van der Waals surface area contributed by atoms with Crippen molar-refractivity contribution >= 4 is 5.69 Å². The molecule has 1 aromatic rings. The van der Waals surface area contributed by atoms with Gasteiger partial charge in [0, 0.05) is 23.8 Å². The molecule has 0 aromatic heterocycles. The summed E-state index contributed by atoms with van der Waals surface area (Å²) in [6.45, 7) is 9.43. The van der Waals surface area contributed by atoms with Gasteiger partial charge in [-0.1, -0.05) is 13.8 Å². The molecule has 1 aliphatic carbocycles. The Morgan fingerprint density at radius 2 is 2.10 bits per heavy atom. The van der Waals surface area contributed by atoms with Crippen molar-refractivity contribution in [2.45, 2.75) is 52.6 Å². The van der Waals surface area contributed by atoms with Crippen LogP contribution in [0.5, 0.6) is 5.75 Å². The van der Waals surface area contributed by atoms with Crippen LogP contribution in [0.4, 0.5) is 5.69 Å². The molecule has 1 saturated carbocycles. The van der Waals surface area contributed by atoms with Gasteiger partial charge in [-0.15, -0.1) is 0 Å². The highest BCUT2D eigenvalue weighted by Crippen LogP contribution is 2.31. The van der Waals surface area contributed by atoms with Crippen LogP contribution >= 0.6 is 0 Å². The fourth-order valence-corrected chi connectivity index (χ4v) is 2.49. The van der Waals surface area contributed by atoms with Crippen LogP contribution in [-0.4, -0.2) is 24.1 Å². The second-order valence-electron chi connectivity index (χ2n) is 6.18. The average molecular weight is 276 g/mol. The van der Waals surface area contributed by atoms with Crippen LogP contribution in [0.1, 0.15) is 45.6 Å². The van der Waals surface area contributed by atoms with Gasteiger partial charge in [0.1, 0.15) is 5.75 Å². The number of hydrogen-bond acceptors (Lipinski definition) is 3. The topological polar surface area (TPSA) is 38.5 Å². The maximum absolute atomic E-state index is 5.94. The second kappa shape index (κ2) is 6.98. The second-order valence-corrected chi connectivity index (χ2v) is 6.18. The van der Waals surface area contributed by atoms with Gasteiger partial charge in [-0.2, -0.15) is 0 Å². The first-order valence-electron chi connectivity index (χ1n) is 7.85. The van der Waals surface area contributed by atoms with Crippen molar-refractivity contribution in [1.82, 2.24) is 4.90 Å². The van der Waals surface area contributed by atoms with Crippen LogP contribution in [0.2, 0.25) is 0 Å². The van der Waals surface area contributed by atoms with E-state index in [0.29, 0.717) is 6.61 Å². The molecule has 1 aliphatic rings. The van der Waals surface area contributed by atoms with E-state index in [4.69, 9.17) is 10.5 Å². The fraction of sp³-hybridized carbons (Fsp3) is 0.647. The normalized spacial score (nSPS) is 15.1. The van der Waals surface area contributed by atoms with E-state index in [1.54, 1.807) is 0 Å². The first-order chi connectivity index (χ1) is 9.60. The molecule has 0 heterocycles. The molecule has 2 N–H and O–H groups in total. The summed E-state index contributed by atoms with van der Waals surface area (Å²) in [7, 11) is 0. The molecule has 0 bridgehead atoms. The van der Waals surface area contributed by atoms with E-state index in [1.807, 2.05) is 19.1 Å². The molecular formula is C17H28N2O. The first kappa shape index (κ1) is 15.2. The van der Waals surface area contributed by atoms with E-state index in [1.165, 1.54) is 31.4 Å². The molecule has 112 valence electrons. The number of ether oxygens (including phenoxy) is 1. The monoisotopic (exact) mass is 276 g/mol. The Morgan fingerprint density at radius 1 is 1.35 bits per heavy atom. The summed E-state index contributed by atoms with van der Waals surface area (Å²) in [6, 6.07) is 6.76. The van der Waals surface area contributed by atoms with Gasteiger partial charge in [0.05, 0.1) is 6.61 Å². The third kappa shape index (κ3) is 4.41. The Labute approximate surface area is 123 Å². The van der Waals surface area contributed by atoms with Crippen LogP contribution in [0.3, 0.4) is 0 Å². The van der Waals surface area contributed by atoms with E-state index in [0.717, 1.165) is 29.9 Å². The van der Waals surface area contributed by atoms with Gasteiger partial charge in [-0.05, 0) is 56.8 Å². The number of rotatable bonds is 8. The average Bonchev–Trinajstić information content (AvgIpc) is 3.21. The molecular weight excluding hydrogens is 248 g/mol. The largest absolute Gasteiger partial charge is 0.494 e. The van der Waals surface area contributed by atoms with Crippen molar-refractivity contribution in [1.29, 1.82) is 0 Å². The molecule has 0 atom stereocenters. The van der Waals surface area contributed by atoms with Gasteiger partial charge < -0.3 is 10.5 Å². The van der Waals surface area contributed by atoms with E-state index >= 15 is 0 Å². The fourth-order valence-electron chi connectivity index (χ4n) is 2.49. The lowest BCUT2D eigenvalue weighted by Gasteiger charge is -2.24. The van der Waals surface area contributed by atoms with Crippen molar-refractivity contribution < 1.29 is 4.74 Å². The molecule has 2 rings (SSSR count). The Bertz CT molecular complexity index is 427. The summed E-state index contributed by atoms with van der Waals surface area (Å²) >= 11 is 0.